The lowest BCUT2D eigenvalue weighted by molar-refractivity contribution is -0.121. The van der Waals surface area contributed by atoms with Crippen molar-refractivity contribution in [2.24, 2.45) is 0 Å². The predicted molar refractivity (Wildman–Crippen MR) is 87.7 cm³/mol. The molecule has 22 heavy (non-hydrogen) atoms. The average Bonchev–Trinajstić information content (AvgIpc) is 2.93. The first kappa shape index (κ1) is 14.4. The zero-order chi connectivity index (χ0) is 15.5. The molecule has 0 saturated carbocycles. The molecule has 3 nitrogen and oxygen atoms in total. The number of carbonyl (C=O) groups excluding carboxylic acids is 1. The summed E-state index contributed by atoms with van der Waals surface area (Å²) in [5, 5.41) is 4.04. The van der Waals surface area contributed by atoms with Crippen molar-refractivity contribution in [3.05, 3.63) is 71.5 Å². The second-order valence-corrected chi connectivity index (χ2v) is 5.64. The van der Waals surface area contributed by atoms with Crippen LogP contribution in [0.2, 0.25) is 0 Å². The number of para-hydroxylation sites is 1. The molecule has 0 aliphatic rings. The van der Waals surface area contributed by atoms with Crippen molar-refractivity contribution in [3.63, 3.8) is 0 Å². The van der Waals surface area contributed by atoms with Crippen molar-refractivity contribution in [1.82, 2.24) is 5.32 Å². The summed E-state index contributed by atoms with van der Waals surface area (Å²) in [5.74, 6) is 0.773. The molecule has 3 heteroatoms. The second-order valence-electron chi connectivity index (χ2n) is 5.64. The Kier molecular flexibility index (Phi) is 3.96. The fourth-order valence-corrected chi connectivity index (χ4v) is 2.47. The lowest BCUT2D eigenvalue weighted by Gasteiger charge is -2.11. The number of rotatable bonds is 4. The third kappa shape index (κ3) is 3.19. The van der Waals surface area contributed by atoms with Crippen LogP contribution in [0.1, 0.15) is 29.9 Å². The molecule has 2 aromatic carbocycles. The molecule has 1 heterocycles. The number of fused-ring (bicyclic) bond motifs is 1. The van der Waals surface area contributed by atoms with Crippen molar-refractivity contribution in [3.8, 4) is 0 Å². The molecule has 3 rings (SSSR count). The maximum atomic E-state index is 12.1. The molecule has 112 valence electrons. The van der Waals surface area contributed by atoms with Gasteiger partial charge >= 0.3 is 0 Å². The average molecular weight is 293 g/mol. The summed E-state index contributed by atoms with van der Waals surface area (Å²) in [5.41, 5.74) is 3.05. The molecule has 1 aromatic heterocycles. The van der Waals surface area contributed by atoms with E-state index in [9.17, 15) is 4.79 Å². The van der Waals surface area contributed by atoms with Crippen molar-refractivity contribution in [2.45, 2.75) is 26.3 Å². The van der Waals surface area contributed by atoms with Gasteiger partial charge in [0.15, 0.2) is 0 Å². The van der Waals surface area contributed by atoms with Crippen LogP contribution in [0.25, 0.3) is 11.0 Å². The van der Waals surface area contributed by atoms with E-state index in [1.54, 1.807) is 0 Å². The molecule has 3 aromatic rings. The van der Waals surface area contributed by atoms with Crippen LogP contribution in [0, 0.1) is 6.92 Å². The van der Waals surface area contributed by atoms with Gasteiger partial charge in [0.25, 0.3) is 0 Å². The minimum atomic E-state index is -0.148. The fraction of sp³-hybridized carbons (Fsp3) is 0.211. The van der Waals surface area contributed by atoms with E-state index in [0.29, 0.717) is 6.42 Å². The molecular formula is C19H19NO2. The van der Waals surface area contributed by atoms with Crippen molar-refractivity contribution in [1.29, 1.82) is 0 Å². The lowest BCUT2D eigenvalue weighted by atomic mass is 10.1. The maximum absolute atomic E-state index is 12.1. The van der Waals surface area contributed by atoms with Crippen LogP contribution < -0.4 is 5.32 Å². The molecule has 1 N–H and O–H groups in total. The SMILES string of the molecule is Cc1ccc(CC(=O)N[C@@H](C)c2cc3ccccc3o2)cc1. The van der Waals surface area contributed by atoms with Gasteiger partial charge in [0.05, 0.1) is 12.5 Å². The number of hydrogen-bond acceptors (Lipinski definition) is 2. The van der Waals surface area contributed by atoms with E-state index in [4.69, 9.17) is 4.42 Å². The topological polar surface area (TPSA) is 42.2 Å². The third-order valence-corrected chi connectivity index (χ3v) is 3.73. The first-order valence-corrected chi connectivity index (χ1v) is 7.45. The number of benzene rings is 2. The van der Waals surface area contributed by atoms with Gasteiger partial charge in [-0.2, -0.15) is 0 Å². The highest BCUT2D eigenvalue weighted by molar-refractivity contribution is 5.80. The molecule has 0 saturated heterocycles. The van der Waals surface area contributed by atoms with E-state index < -0.39 is 0 Å². The quantitative estimate of drug-likeness (QED) is 0.784. The molecular weight excluding hydrogens is 274 g/mol. The van der Waals surface area contributed by atoms with E-state index in [0.717, 1.165) is 22.3 Å². The minimum Gasteiger partial charge on any atom is -0.459 e. The van der Waals surface area contributed by atoms with Crippen LogP contribution in [0.5, 0.6) is 0 Å². The molecule has 0 aliphatic carbocycles. The smallest absolute Gasteiger partial charge is 0.224 e. The summed E-state index contributed by atoms with van der Waals surface area (Å²) in [4.78, 5) is 12.1. The Morgan fingerprint density at radius 2 is 1.86 bits per heavy atom. The number of amides is 1. The summed E-state index contributed by atoms with van der Waals surface area (Å²) in [6.07, 6.45) is 0.380. The van der Waals surface area contributed by atoms with Crippen LogP contribution in [0.15, 0.2) is 59.0 Å². The van der Waals surface area contributed by atoms with Gasteiger partial charge in [-0.25, -0.2) is 0 Å². The predicted octanol–water partition coefficient (Wildman–Crippen LogP) is 4.16. The van der Waals surface area contributed by atoms with Gasteiger partial charge in [0.1, 0.15) is 11.3 Å². The fourth-order valence-electron chi connectivity index (χ4n) is 2.47. The standard InChI is InChI=1S/C19H19NO2/c1-13-7-9-15(10-8-13)11-19(21)20-14(2)18-12-16-5-3-4-6-17(16)22-18/h3-10,12,14H,11H2,1-2H3,(H,20,21)/t14-/m0/s1. The van der Waals surface area contributed by atoms with Crippen molar-refractivity contribution < 1.29 is 9.21 Å². The highest BCUT2D eigenvalue weighted by atomic mass is 16.3. The number of aryl methyl sites for hydroxylation is 1. The van der Waals surface area contributed by atoms with Crippen molar-refractivity contribution in [2.75, 3.05) is 0 Å². The summed E-state index contributed by atoms with van der Waals surface area (Å²) >= 11 is 0. The Morgan fingerprint density at radius 3 is 2.59 bits per heavy atom. The third-order valence-electron chi connectivity index (χ3n) is 3.73. The minimum absolute atomic E-state index is 0.00295. The van der Waals surface area contributed by atoms with Gasteiger partial charge in [-0.1, -0.05) is 48.0 Å². The van der Waals surface area contributed by atoms with Crippen LogP contribution in [0.3, 0.4) is 0 Å². The van der Waals surface area contributed by atoms with E-state index >= 15 is 0 Å². The summed E-state index contributed by atoms with van der Waals surface area (Å²) in [6.45, 7) is 3.97. The van der Waals surface area contributed by atoms with Crippen LogP contribution >= 0.6 is 0 Å². The molecule has 0 radical (unpaired) electrons. The summed E-state index contributed by atoms with van der Waals surface area (Å²) in [7, 11) is 0. The summed E-state index contributed by atoms with van der Waals surface area (Å²) < 4.78 is 5.78. The van der Waals surface area contributed by atoms with E-state index in [2.05, 4.69) is 5.32 Å². The number of hydrogen-bond donors (Lipinski definition) is 1. The van der Waals surface area contributed by atoms with Gasteiger partial charge in [-0.3, -0.25) is 4.79 Å². The second kappa shape index (κ2) is 6.06. The molecule has 0 bridgehead atoms. The number of nitrogens with one attached hydrogen (secondary N) is 1. The zero-order valence-electron chi connectivity index (χ0n) is 12.8. The molecule has 1 atom stereocenters. The van der Waals surface area contributed by atoms with Crippen LogP contribution in [-0.2, 0) is 11.2 Å². The molecule has 0 spiro atoms. The molecule has 0 aliphatic heterocycles. The molecule has 0 fully saturated rings. The van der Waals surface area contributed by atoms with Crippen molar-refractivity contribution >= 4 is 16.9 Å². The van der Waals surface area contributed by atoms with Gasteiger partial charge < -0.3 is 9.73 Å². The first-order chi connectivity index (χ1) is 10.6. The highest BCUT2D eigenvalue weighted by Crippen LogP contribution is 2.23. The van der Waals surface area contributed by atoms with Gasteiger partial charge in [-0.15, -0.1) is 0 Å². The largest absolute Gasteiger partial charge is 0.459 e. The Balaban J connectivity index is 1.66. The van der Waals surface area contributed by atoms with Gasteiger partial charge in [0.2, 0.25) is 5.91 Å². The molecule has 1 amide bonds. The number of furan rings is 1. The Hall–Kier alpha value is -2.55. The van der Waals surface area contributed by atoms with Crippen LogP contribution in [0.4, 0.5) is 0 Å². The lowest BCUT2D eigenvalue weighted by Crippen LogP contribution is -2.27. The Labute approximate surface area is 130 Å². The summed E-state index contributed by atoms with van der Waals surface area (Å²) in [6, 6.07) is 17.7. The maximum Gasteiger partial charge on any atom is 0.224 e. The first-order valence-electron chi connectivity index (χ1n) is 7.45. The zero-order valence-corrected chi connectivity index (χ0v) is 12.8. The number of carbonyl (C=O) groups is 1. The van der Waals surface area contributed by atoms with E-state index in [1.807, 2.05) is 68.4 Å². The molecule has 0 unspecified atom stereocenters. The van der Waals surface area contributed by atoms with Gasteiger partial charge in [0, 0.05) is 5.39 Å². The Bertz CT molecular complexity index is 754. The van der Waals surface area contributed by atoms with Crippen LogP contribution in [-0.4, -0.2) is 5.91 Å². The Morgan fingerprint density at radius 1 is 1.14 bits per heavy atom. The van der Waals surface area contributed by atoms with E-state index in [1.165, 1.54) is 5.56 Å². The van der Waals surface area contributed by atoms with Gasteiger partial charge in [-0.05, 0) is 31.5 Å². The van der Waals surface area contributed by atoms with E-state index in [-0.39, 0.29) is 11.9 Å². The monoisotopic (exact) mass is 293 g/mol. The normalized spacial score (nSPS) is 12.3. The highest BCUT2D eigenvalue weighted by Gasteiger charge is 2.14.